The quantitative estimate of drug-likeness (QED) is 0.424. The Balaban J connectivity index is 1.19. The highest BCUT2D eigenvalue weighted by molar-refractivity contribution is 9.10. The topological polar surface area (TPSA) is 100 Å². The number of halogens is 1. The molecule has 2 aliphatic heterocycles. The highest BCUT2D eigenvalue weighted by atomic mass is 79.9. The fourth-order valence-corrected chi connectivity index (χ4v) is 4.65. The molecule has 9 nitrogen and oxygen atoms in total. The number of carbonyl (C=O) groups excluding carboxylic acids is 3. The first-order valence-corrected chi connectivity index (χ1v) is 13.4. The molecule has 2 aromatic rings. The van der Waals surface area contributed by atoms with Gasteiger partial charge in [-0.1, -0.05) is 15.9 Å². The average molecular weight is 573 g/mol. The lowest BCUT2D eigenvalue weighted by Crippen LogP contribution is -2.39. The lowest BCUT2D eigenvalue weighted by atomic mass is 10.1. The van der Waals surface area contributed by atoms with Crippen molar-refractivity contribution < 1.29 is 23.9 Å². The molecule has 0 saturated carbocycles. The molecule has 2 aliphatic rings. The first-order chi connectivity index (χ1) is 17.9. The van der Waals surface area contributed by atoms with Crippen LogP contribution in [-0.4, -0.2) is 75.2 Å². The Morgan fingerprint density at radius 2 is 1.89 bits per heavy atom. The van der Waals surface area contributed by atoms with E-state index in [0.29, 0.717) is 30.2 Å². The Hall–Kier alpha value is -2.95. The number of rotatable bonds is 10. The molecule has 0 spiro atoms. The number of amides is 3. The average Bonchev–Trinajstić information content (AvgIpc) is 3.30. The summed E-state index contributed by atoms with van der Waals surface area (Å²) in [6, 6.07) is 12.6. The van der Waals surface area contributed by atoms with Gasteiger partial charge in [0.2, 0.25) is 11.8 Å². The molecular weight excluding hydrogens is 540 g/mol. The third-order valence-electron chi connectivity index (χ3n) is 6.51. The molecule has 2 heterocycles. The summed E-state index contributed by atoms with van der Waals surface area (Å²) in [6.45, 7) is 7.09. The zero-order valence-corrected chi connectivity index (χ0v) is 22.6. The van der Waals surface area contributed by atoms with Crippen LogP contribution in [0.3, 0.4) is 0 Å². The molecule has 4 rings (SSSR count). The summed E-state index contributed by atoms with van der Waals surface area (Å²) in [7, 11) is 0. The van der Waals surface area contributed by atoms with Gasteiger partial charge in [-0.15, -0.1) is 0 Å². The molecule has 3 amide bonds. The predicted octanol–water partition coefficient (Wildman–Crippen LogP) is 2.97. The molecule has 2 aromatic carbocycles. The van der Waals surface area contributed by atoms with E-state index in [1.165, 1.54) is 0 Å². The Kier molecular flexibility index (Phi) is 9.54. The normalized spacial score (nSPS) is 18.1. The summed E-state index contributed by atoms with van der Waals surface area (Å²) < 4.78 is 11.9. The van der Waals surface area contributed by atoms with Crippen LogP contribution >= 0.6 is 15.9 Å². The number of nitrogens with one attached hydrogen (secondary N) is 2. The van der Waals surface area contributed by atoms with Crippen LogP contribution in [-0.2, 0) is 19.1 Å². The van der Waals surface area contributed by atoms with Gasteiger partial charge in [-0.25, -0.2) is 0 Å². The molecule has 1 atom stereocenters. The van der Waals surface area contributed by atoms with E-state index in [1.807, 2.05) is 25.1 Å². The van der Waals surface area contributed by atoms with E-state index < -0.39 is 0 Å². The molecule has 2 fully saturated rings. The minimum atomic E-state index is -0.363. The van der Waals surface area contributed by atoms with Gasteiger partial charge in [0, 0.05) is 48.4 Å². The third kappa shape index (κ3) is 7.77. The smallest absolute Gasteiger partial charge is 0.262 e. The van der Waals surface area contributed by atoms with Crippen molar-refractivity contribution in [2.24, 2.45) is 5.92 Å². The molecule has 37 heavy (non-hydrogen) atoms. The molecule has 0 unspecified atom stereocenters. The van der Waals surface area contributed by atoms with E-state index in [1.54, 1.807) is 29.2 Å². The molecule has 2 saturated heterocycles. The van der Waals surface area contributed by atoms with E-state index >= 15 is 0 Å². The van der Waals surface area contributed by atoms with Crippen LogP contribution in [0.2, 0.25) is 0 Å². The van der Waals surface area contributed by atoms with Gasteiger partial charge in [0.15, 0.2) is 6.61 Å². The second kappa shape index (κ2) is 13.0. The maximum Gasteiger partial charge on any atom is 0.262 e. The number of anilines is 2. The molecule has 0 bridgehead atoms. The third-order valence-corrected chi connectivity index (χ3v) is 7.40. The second-order valence-electron chi connectivity index (χ2n) is 9.30. The number of aryl methyl sites for hydroxylation is 1. The Labute approximate surface area is 225 Å². The lowest BCUT2D eigenvalue weighted by molar-refractivity contribution is -0.126. The summed E-state index contributed by atoms with van der Waals surface area (Å²) in [4.78, 5) is 41.4. The van der Waals surface area contributed by atoms with Crippen molar-refractivity contribution in [1.29, 1.82) is 0 Å². The minimum absolute atomic E-state index is 0.0775. The number of benzene rings is 2. The maximum atomic E-state index is 12.6. The molecular formula is C27H33BrN4O5. The van der Waals surface area contributed by atoms with E-state index in [-0.39, 0.29) is 36.7 Å². The first-order valence-electron chi connectivity index (χ1n) is 12.6. The number of ether oxygens (including phenoxy) is 2. The Morgan fingerprint density at radius 3 is 2.62 bits per heavy atom. The van der Waals surface area contributed by atoms with Gasteiger partial charge < -0.3 is 25.0 Å². The molecule has 0 aliphatic carbocycles. The van der Waals surface area contributed by atoms with Crippen molar-refractivity contribution in [3.63, 3.8) is 0 Å². The van der Waals surface area contributed by atoms with Gasteiger partial charge in [-0.2, -0.15) is 0 Å². The van der Waals surface area contributed by atoms with Gasteiger partial charge in [0.1, 0.15) is 5.75 Å². The van der Waals surface area contributed by atoms with Crippen LogP contribution in [0.1, 0.15) is 18.4 Å². The molecule has 0 radical (unpaired) electrons. The number of hydrogen-bond donors (Lipinski definition) is 2. The number of carbonyl (C=O) groups is 3. The van der Waals surface area contributed by atoms with Gasteiger partial charge in [-0.05, 0) is 67.9 Å². The minimum Gasteiger partial charge on any atom is -0.484 e. The van der Waals surface area contributed by atoms with Crippen molar-refractivity contribution in [3.8, 4) is 5.75 Å². The maximum absolute atomic E-state index is 12.6. The SMILES string of the molecule is Cc1cc(NC(=O)COc2ccc(N3C[C@H](C(=O)NCCCN4CCOCC4)CC3=O)cc2)ccc1Br. The summed E-state index contributed by atoms with van der Waals surface area (Å²) >= 11 is 3.44. The zero-order chi connectivity index (χ0) is 26.2. The van der Waals surface area contributed by atoms with E-state index in [2.05, 4.69) is 31.5 Å². The van der Waals surface area contributed by atoms with Crippen LogP contribution in [0.4, 0.5) is 11.4 Å². The lowest BCUT2D eigenvalue weighted by Gasteiger charge is -2.26. The summed E-state index contributed by atoms with van der Waals surface area (Å²) in [5, 5.41) is 5.79. The molecule has 198 valence electrons. The van der Waals surface area contributed by atoms with Crippen LogP contribution in [0.25, 0.3) is 0 Å². The highest BCUT2D eigenvalue weighted by Crippen LogP contribution is 2.27. The van der Waals surface area contributed by atoms with Crippen molar-refractivity contribution in [2.45, 2.75) is 19.8 Å². The number of nitrogens with zero attached hydrogens (tertiary/aromatic N) is 2. The summed E-state index contributed by atoms with van der Waals surface area (Å²) in [5.41, 5.74) is 2.43. The largest absolute Gasteiger partial charge is 0.484 e. The Morgan fingerprint density at radius 1 is 1.14 bits per heavy atom. The van der Waals surface area contributed by atoms with Gasteiger partial charge in [0.25, 0.3) is 5.91 Å². The zero-order valence-electron chi connectivity index (χ0n) is 21.0. The molecule has 0 aromatic heterocycles. The van der Waals surface area contributed by atoms with Crippen molar-refractivity contribution in [1.82, 2.24) is 10.2 Å². The molecule has 2 N–H and O–H groups in total. The van der Waals surface area contributed by atoms with Gasteiger partial charge >= 0.3 is 0 Å². The standard InChI is InChI=1S/C27H33BrN4O5/c1-19-15-21(3-8-24(19)28)30-25(33)18-37-23-6-4-22(5-7-23)32-17-20(16-26(32)34)27(35)29-9-2-10-31-11-13-36-14-12-31/h3-8,15,20H,2,9-14,16-18H2,1H3,(H,29,35)(H,30,33)/t20-/m1/s1. The van der Waals surface area contributed by atoms with Crippen LogP contribution in [0, 0.1) is 12.8 Å². The number of hydrogen-bond acceptors (Lipinski definition) is 6. The summed E-state index contributed by atoms with van der Waals surface area (Å²) in [6.07, 6.45) is 1.07. The van der Waals surface area contributed by atoms with E-state index in [9.17, 15) is 14.4 Å². The van der Waals surface area contributed by atoms with Crippen molar-refractivity contribution in [3.05, 3.63) is 52.5 Å². The highest BCUT2D eigenvalue weighted by Gasteiger charge is 2.35. The van der Waals surface area contributed by atoms with Crippen LogP contribution in [0.15, 0.2) is 46.9 Å². The van der Waals surface area contributed by atoms with E-state index in [0.717, 1.165) is 49.3 Å². The fraction of sp³-hybridized carbons (Fsp3) is 0.444. The molecule has 10 heteroatoms. The summed E-state index contributed by atoms with van der Waals surface area (Å²) in [5.74, 6) is -0.264. The monoisotopic (exact) mass is 572 g/mol. The Bertz CT molecular complexity index is 1100. The number of morpholine rings is 1. The second-order valence-corrected chi connectivity index (χ2v) is 10.2. The van der Waals surface area contributed by atoms with E-state index in [4.69, 9.17) is 9.47 Å². The first kappa shape index (κ1) is 27.1. The predicted molar refractivity (Wildman–Crippen MR) is 145 cm³/mol. The van der Waals surface area contributed by atoms with Crippen molar-refractivity contribution >= 4 is 45.0 Å². The van der Waals surface area contributed by atoms with Crippen molar-refractivity contribution in [2.75, 3.05) is 62.8 Å². The fourth-order valence-electron chi connectivity index (χ4n) is 4.41. The van der Waals surface area contributed by atoms with Gasteiger partial charge in [0.05, 0.1) is 19.1 Å². The van der Waals surface area contributed by atoms with Gasteiger partial charge in [-0.3, -0.25) is 19.3 Å². The van der Waals surface area contributed by atoms with Crippen LogP contribution < -0.4 is 20.3 Å². The van der Waals surface area contributed by atoms with Crippen LogP contribution in [0.5, 0.6) is 5.75 Å².